The van der Waals surface area contributed by atoms with Gasteiger partial charge in [-0.05, 0) is 24.0 Å². The molecule has 0 radical (unpaired) electrons. The second-order valence-electron chi connectivity index (χ2n) is 5.47. The lowest BCUT2D eigenvalue weighted by atomic mass is 9.97. The molecule has 3 rings (SSSR count). The number of nitrogens with zero attached hydrogens (tertiary/aromatic N) is 1. The molecule has 118 valence electrons. The average Bonchev–Trinajstić information content (AvgIpc) is 3.05. The quantitative estimate of drug-likeness (QED) is 0.747. The predicted octanol–water partition coefficient (Wildman–Crippen LogP) is 4.63. The molecule has 0 amide bonds. The van der Waals surface area contributed by atoms with Gasteiger partial charge in [-0.3, -0.25) is 0 Å². The van der Waals surface area contributed by atoms with E-state index < -0.39 is 0 Å². The summed E-state index contributed by atoms with van der Waals surface area (Å²) in [6.07, 6.45) is 1.83. The summed E-state index contributed by atoms with van der Waals surface area (Å²) in [5.41, 5.74) is 5.17. The van der Waals surface area contributed by atoms with Crippen LogP contribution in [0.4, 0.5) is 0 Å². The highest BCUT2D eigenvalue weighted by atomic mass is 16.4. The smallest absolute Gasteiger partial charge is 0.227 e. The number of aryl methyl sites for hydroxylation is 2. The van der Waals surface area contributed by atoms with Gasteiger partial charge in [0.05, 0.1) is 0 Å². The average molecular weight is 307 g/mol. The van der Waals surface area contributed by atoms with E-state index in [-0.39, 0.29) is 6.61 Å². The largest absolute Gasteiger partial charge is 0.438 e. The highest BCUT2D eigenvalue weighted by Gasteiger charge is 2.19. The van der Waals surface area contributed by atoms with Crippen LogP contribution in [0.15, 0.2) is 52.9 Å². The number of hydrogen-bond donors (Lipinski definition) is 1. The van der Waals surface area contributed by atoms with Gasteiger partial charge in [0.15, 0.2) is 5.76 Å². The molecule has 0 aliphatic heterocycles. The van der Waals surface area contributed by atoms with E-state index in [1.807, 2.05) is 30.3 Å². The first kappa shape index (κ1) is 15.5. The van der Waals surface area contributed by atoms with Crippen LogP contribution in [0.1, 0.15) is 30.7 Å². The fourth-order valence-corrected chi connectivity index (χ4v) is 2.90. The molecule has 1 N–H and O–H groups in total. The molecule has 23 heavy (non-hydrogen) atoms. The highest BCUT2D eigenvalue weighted by Crippen LogP contribution is 2.33. The molecule has 1 heterocycles. The molecule has 0 unspecified atom stereocenters. The van der Waals surface area contributed by atoms with Gasteiger partial charge < -0.3 is 9.52 Å². The van der Waals surface area contributed by atoms with E-state index in [0.717, 1.165) is 29.7 Å². The number of aliphatic hydroxyl groups excluding tert-OH is 1. The first-order valence-electron chi connectivity index (χ1n) is 8.05. The molecule has 2 aromatic carbocycles. The van der Waals surface area contributed by atoms with E-state index in [9.17, 15) is 5.11 Å². The fraction of sp³-hybridized carbons (Fsp3) is 0.250. The zero-order valence-corrected chi connectivity index (χ0v) is 13.5. The molecule has 0 saturated heterocycles. The van der Waals surface area contributed by atoms with Crippen LogP contribution < -0.4 is 0 Å². The topological polar surface area (TPSA) is 46.3 Å². The van der Waals surface area contributed by atoms with Crippen LogP contribution in [0, 0.1) is 0 Å². The van der Waals surface area contributed by atoms with Crippen molar-refractivity contribution in [3.8, 4) is 22.7 Å². The summed E-state index contributed by atoms with van der Waals surface area (Å²) >= 11 is 0. The second kappa shape index (κ2) is 6.80. The number of oxazole rings is 1. The van der Waals surface area contributed by atoms with Crippen LogP contribution in [0.25, 0.3) is 22.7 Å². The fourth-order valence-electron chi connectivity index (χ4n) is 2.90. The minimum atomic E-state index is -0.160. The second-order valence-corrected chi connectivity index (χ2v) is 5.47. The van der Waals surface area contributed by atoms with Crippen molar-refractivity contribution < 1.29 is 9.52 Å². The lowest BCUT2D eigenvalue weighted by molar-refractivity contribution is 0.249. The number of rotatable bonds is 5. The van der Waals surface area contributed by atoms with Crippen molar-refractivity contribution in [1.29, 1.82) is 0 Å². The first-order chi connectivity index (χ1) is 11.3. The van der Waals surface area contributed by atoms with Gasteiger partial charge in [-0.15, -0.1) is 0 Å². The standard InChI is InChI=1S/C20H21NO2/c1-3-14-11-8-12-15(4-2)18(14)20-21-19(17(13-22)23-20)16-9-6-5-7-10-16/h5-12,22H,3-4,13H2,1-2H3. The van der Waals surface area contributed by atoms with Gasteiger partial charge in [0.1, 0.15) is 12.3 Å². The molecule has 1 aromatic heterocycles. The Morgan fingerprint density at radius 1 is 0.913 bits per heavy atom. The summed E-state index contributed by atoms with van der Waals surface area (Å²) in [6.45, 7) is 4.10. The van der Waals surface area contributed by atoms with Crippen LogP contribution in [0.5, 0.6) is 0 Å². The van der Waals surface area contributed by atoms with E-state index >= 15 is 0 Å². The Labute approximate surface area is 136 Å². The Morgan fingerprint density at radius 3 is 2.13 bits per heavy atom. The zero-order chi connectivity index (χ0) is 16.2. The molecular formula is C20H21NO2. The number of aliphatic hydroxyl groups is 1. The maximum Gasteiger partial charge on any atom is 0.227 e. The maximum atomic E-state index is 9.66. The van der Waals surface area contributed by atoms with Gasteiger partial charge in [0.2, 0.25) is 5.89 Å². The van der Waals surface area contributed by atoms with Crippen molar-refractivity contribution in [3.05, 3.63) is 65.4 Å². The maximum absolute atomic E-state index is 9.66. The Balaban J connectivity index is 2.18. The number of aromatic nitrogens is 1. The van der Waals surface area contributed by atoms with E-state index in [0.29, 0.717) is 11.7 Å². The van der Waals surface area contributed by atoms with Crippen molar-refractivity contribution in [2.45, 2.75) is 33.3 Å². The summed E-state index contributed by atoms with van der Waals surface area (Å²) < 4.78 is 5.93. The molecule has 0 saturated carbocycles. The van der Waals surface area contributed by atoms with E-state index in [1.54, 1.807) is 0 Å². The molecule has 0 bridgehead atoms. The summed E-state index contributed by atoms with van der Waals surface area (Å²) in [5.74, 6) is 1.11. The van der Waals surface area contributed by atoms with Crippen LogP contribution >= 0.6 is 0 Å². The van der Waals surface area contributed by atoms with Crippen molar-refractivity contribution in [2.75, 3.05) is 0 Å². The first-order valence-corrected chi connectivity index (χ1v) is 8.05. The third kappa shape index (κ3) is 2.92. The summed E-state index contributed by atoms with van der Waals surface area (Å²) in [7, 11) is 0. The van der Waals surface area contributed by atoms with Gasteiger partial charge in [0.25, 0.3) is 0 Å². The molecule has 3 aromatic rings. The molecular weight excluding hydrogens is 286 g/mol. The third-order valence-electron chi connectivity index (χ3n) is 4.10. The van der Waals surface area contributed by atoms with Gasteiger partial charge in [-0.1, -0.05) is 62.4 Å². The minimum absolute atomic E-state index is 0.160. The van der Waals surface area contributed by atoms with E-state index in [1.165, 1.54) is 11.1 Å². The highest BCUT2D eigenvalue weighted by molar-refractivity contribution is 5.69. The molecule has 3 heteroatoms. The summed E-state index contributed by atoms with van der Waals surface area (Å²) in [5, 5.41) is 9.66. The summed E-state index contributed by atoms with van der Waals surface area (Å²) in [6, 6.07) is 16.1. The van der Waals surface area contributed by atoms with Gasteiger partial charge in [-0.2, -0.15) is 0 Å². The Kier molecular flexibility index (Phi) is 4.58. The lowest BCUT2D eigenvalue weighted by Crippen LogP contribution is -1.94. The normalized spacial score (nSPS) is 10.9. The van der Waals surface area contributed by atoms with E-state index in [4.69, 9.17) is 9.40 Å². The minimum Gasteiger partial charge on any atom is -0.438 e. The summed E-state index contributed by atoms with van der Waals surface area (Å²) in [4.78, 5) is 4.71. The molecule has 0 aliphatic rings. The van der Waals surface area contributed by atoms with E-state index in [2.05, 4.69) is 32.0 Å². The number of benzene rings is 2. The molecule has 0 fully saturated rings. The Bertz CT molecular complexity index is 768. The van der Waals surface area contributed by atoms with Crippen molar-refractivity contribution in [1.82, 2.24) is 4.98 Å². The van der Waals surface area contributed by atoms with Gasteiger partial charge in [-0.25, -0.2) is 4.98 Å². The Hall–Kier alpha value is -2.39. The SMILES string of the molecule is CCc1cccc(CC)c1-c1nc(-c2ccccc2)c(CO)o1. The van der Waals surface area contributed by atoms with Crippen LogP contribution in [-0.2, 0) is 19.4 Å². The third-order valence-corrected chi connectivity index (χ3v) is 4.10. The molecule has 3 nitrogen and oxygen atoms in total. The predicted molar refractivity (Wildman–Crippen MR) is 92.1 cm³/mol. The molecule has 0 aliphatic carbocycles. The zero-order valence-electron chi connectivity index (χ0n) is 13.5. The Morgan fingerprint density at radius 2 is 1.57 bits per heavy atom. The molecule has 0 atom stereocenters. The molecule has 0 spiro atoms. The monoisotopic (exact) mass is 307 g/mol. The van der Waals surface area contributed by atoms with Crippen molar-refractivity contribution >= 4 is 0 Å². The van der Waals surface area contributed by atoms with Gasteiger partial charge >= 0.3 is 0 Å². The number of hydrogen-bond acceptors (Lipinski definition) is 3. The van der Waals surface area contributed by atoms with Crippen LogP contribution in [-0.4, -0.2) is 10.1 Å². The van der Waals surface area contributed by atoms with Crippen LogP contribution in [0.2, 0.25) is 0 Å². The van der Waals surface area contributed by atoms with Gasteiger partial charge in [0, 0.05) is 11.1 Å². The van der Waals surface area contributed by atoms with Crippen molar-refractivity contribution in [3.63, 3.8) is 0 Å². The van der Waals surface area contributed by atoms with Crippen LogP contribution in [0.3, 0.4) is 0 Å². The lowest BCUT2D eigenvalue weighted by Gasteiger charge is -2.09. The van der Waals surface area contributed by atoms with Crippen molar-refractivity contribution in [2.24, 2.45) is 0 Å².